The minimum Gasteiger partial charge on any atom is -0.507 e. The summed E-state index contributed by atoms with van der Waals surface area (Å²) in [5, 5.41) is 14.7. The molecule has 0 heterocycles. The Kier molecular flexibility index (Phi) is 2.97. The van der Waals surface area contributed by atoms with Crippen molar-refractivity contribution in [3.63, 3.8) is 0 Å². The van der Waals surface area contributed by atoms with Gasteiger partial charge in [0.15, 0.2) is 10.6 Å². The Morgan fingerprint density at radius 1 is 0.750 bits per heavy atom. The van der Waals surface area contributed by atoms with Gasteiger partial charge in [0.2, 0.25) is 0 Å². The Morgan fingerprint density at radius 2 is 1.33 bits per heavy atom. The number of rotatable bonds is 4. The van der Waals surface area contributed by atoms with Crippen LogP contribution in [0, 0.1) is 14.7 Å². The number of benzene rings is 4. The van der Waals surface area contributed by atoms with Crippen LogP contribution in [0.15, 0.2) is 67.2 Å². The summed E-state index contributed by atoms with van der Waals surface area (Å²) in [6.07, 6.45) is 0. The molecule has 118 valence electrons. The first-order valence-corrected chi connectivity index (χ1v) is 8.42. The maximum absolute atomic E-state index is 11.2. The van der Waals surface area contributed by atoms with Gasteiger partial charge in [-0.25, -0.2) is 0 Å². The van der Waals surface area contributed by atoms with Gasteiger partial charge in [-0.2, -0.15) is 0 Å². The molecule has 4 aromatic rings. The third-order valence-corrected chi connectivity index (χ3v) is 5.74. The molecule has 4 aromatic carbocycles. The fraction of sp³-hybridized carbons (Fsp3) is 0. The maximum Gasteiger partial charge on any atom is 0.198 e. The molecule has 1 N–H and O–H groups in total. The summed E-state index contributed by atoms with van der Waals surface area (Å²) in [7, 11) is -3.69. The number of hydrogen-bond acceptors (Lipinski definition) is 7. The number of aromatic hydroxyl groups is 1. The molecule has 7 nitrogen and oxygen atoms in total. The smallest absolute Gasteiger partial charge is 0.198 e. The first-order chi connectivity index (χ1) is 11.6. The molecule has 0 amide bonds. The van der Waals surface area contributed by atoms with Gasteiger partial charge < -0.3 is 5.11 Å². The van der Waals surface area contributed by atoms with Gasteiger partial charge >= 0.3 is 0 Å². The van der Waals surface area contributed by atoms with Gasteiger partial charge in [0.25, 0.3) is 0 Å². The van der Waals surface area contributed by atoms with Crippen molar-refractivity contribution < 1.29 is 5.11 Å². The van der Waals surface area contributed by atoms with Crippen LogP contribution in [0.5, 0.6) is 5.75 Å². The fourth-order valence-corrected chi connectivity index (χ4v) is 4.23. The van der Waals surface area contributed by atoms with Crippen LogP contribution < -0.4 is 0 Å². The largest absolute Gasteiger partial charge is 0.507 e. The zero-order valence-electron chi connectivity index (χ0n) is 12.0. The monoisotopic (exact) mass is 339 g/mol. The van der Waals surface area contributed by atoms with Crippen molar-refractivity contribution in [2.45, 2.75) is 4.90 Å². The van der Waals surface area contributed by atoms with E-state index in [1.807, 2.05) is 30.3 Å². The van der Waals surface area contributed by atoms with Crippen LogP contribution in [0.3, 0.4) is 0 Å². The zero-order chi connectivity index (χ0) is 16.9. The molecular formula is C16H9N3O4S. The predicted molar refractivity (Wildman–Crippen MR) is 95.1 cm³/mol. The zero-order valence-corrected chi connectivity index (χ0v) is 12.9. The highest BCUT2D eigenvalue weighted by atomic mass is 32.3. The second-order valence-electron chi connectivity index (χ2n) is 5.32. The molecule has 0 saturated heterocycles. The minimum absolute atomic E-state index is 0.0502. The van der Waals surface area contributed by atoms with Crippen LogP contribution in [0.1, 0.15) is 0 Å². The lowest BCUT2D eigenvalue weighted by atomic mass is 9.94. The Bertz CT molecular complexity index is 1110. The van der Waals surface area contributed by atoms with E-state index >= 15 is 0 Å². The molecule has 24 heavy (non-hydrogen) atoms. The van der Waals surface area contributed by atoms with Crippen molar-refractivity contribution in [2.24, 2.45) is 13.7 Å². The highest BCUT2D eigenvalue weighted by Gasteiger charge is 2.34. The van der Waals surface area contributed by atoms with E-state index in [0.29, 0.717) is 16.2 Å². The van der Waals surface area contributed by atoms with E-state index in [2.05, 4.69) is 13.7 Å². The van der Waals surface area contributed by atoms with Crippen molar-refractivity contribution in [1.82, 2.24) is 0 Å². The molecule has 0 unspecified atom stereocenters. The standard InChI is InChI=1S/C16H9N3O4S/c20-13-8-14(24(17-21,18-22)19-23)12-7-5-10-3-1-2-9-4-6-11(13)16(12)15(9)10/h1-8,20H. The topological polar surface area (TPSA) is 109 Å². The van der Waals surface area contributed by atoms with Gasteiger partial charge in [-0.3, -0.25) is 0 Å². The van der Waals surface area contributed by atoms with Crippen molar-refractivity contribution >= 4 is 42.9 Å². The molecule has 0 bridgehead atoms. The molecule has 0 saturated carbocycles. The highest BCUT2D eigenvalue weighted by Crippen LogP contribution is 2.63. The number of hydrogen-bond donors (Lipinski definition) is 1. The molecule has 0 radical (unpaired) electrons. The number of nitrogens with zero attached hydrogens (tertiary/aromatic N) is 3. The van der Waals surface area contributed by atoms with Crippen LogP contribution in [0.25, 0.3) is 32.3 Å². The van der Waals surface area contributed by atoms with E-state index < -0.39 is 10.6 Å². The summed E-state index contributed by atoms with van der Waals surface area (Å²) in [6.45, 7) is 0. The van der Waals surface area contributed by atoms with Crippen molar-refractivity contribution in [1.29, 1.82) is 0 Å². The van der Waals surface area contributed by atoms with E-state index in [4.69, 9.17) is 0 Å². The molecule has 0 aliphatic heterocycles. The van der Waals surface area contributed by atoms with Crippen LogP contribution in [-0.4, -0.2) is 5.11 Å². The number of phenolic OH excluding ortho intramolecular Hbond substituents is 1. The van der Waals surface area contributed by atoms with Gasteiger partial charge in [-0.1, -0.05) is 42.5 Å². The normalized spacial score (nSPS) is 12.7. The summed E-state index contributed by atoms with van der Waals surface area (Å²) in [5.41, 5.74) is 0. The van der Waals surface area contributed by atoms with E-state index in [0.717, 1.165) is 16.2 Å². The quantitative estimate of drug-likeness (QED) is 0.391. The molecule has 8 heteroatoms. The fourth-order valence-electron chi connectivity index (χ4n) is 3.17. The van der Waals surface area contributed by atoms with Gasteiger partial charge in [0.05, 0.1) is 4.90 Å². The molecular weight excluding hydrogens is 330 g/mol. The van der Waals surface area contributed by atoms with Gasteiger partial charge in [-0.15, -0.1) is 14.7 Å². The summed E-state index contributed by atoms with van der Waals surface area (Å²) in [5.74, 6) is -0.163. The average molecular weight is 339 g/mol. The Labute approximate surface area is 136 Å². The SMILES string of the molecule is O=NS(N=O)(N=O)c1cc(O)c2ccc3cccc4ccc1c2c34. The second-order valence-corrected chi connectivity index (χ2v) is 7.24. The number of phenols is 1. The first kappa shape index (κ1) is 14.5. The lowest BCUT2D eigenvalue weighted by Gasteiger charge is -2.19. The van der Waals surface area contributed by atoms with Crippen LogP contribution >= 0.6 is 10.6 Å². The van der Waals surface area contributed by atoms with E-state index in [1.165, 1.54) is 6.07 Å². The highest BCUT2D eigenvalue weighted by molar-refractivity contribution is 8.30. The van der Waals surface area contributed by atoms with Crippen LogP contribution in [0.4, 0.5) is 0 Å². The maximum atomic E-state index is 11.2. The van der Waals surface area contributed by atoms with E-state index in [-0.39, 0.29) is 10.6 Å². The molecule has 4 rings (SSSR count). The second kappa shape index (κ2) is 4.93. The van der Waals surface area contributed by atoms with Gasteiger partial charge in [0.1, 0.15) is 5.75 Å². The van der Waals surface area contributed by atoms with Gasteiger partial charge in [0, 0.05) is 29.9 Å². The summed E-state index contributed by atoms with van der Waals surface area (Å²) in [6, 6.07) is 14.0. The Morgan fingerprint density at radius 3 is 1.92 bits per heavy atom. The van der Waals surface area contributed by atoms with Gasteiger partial charge in [-0.05, 0) is 22.2 Å². The Balaban J connectivity index is 2.31. The molecule has 0 atom stereocenters. The number of nitroso groups, excluding NO2 is 3. The minimum atomic E-state index is -3.69. The molecule has 0 fully saturated rings. The Hall–Kier alpha value is -3.13. The third-order valence-electron chi connectivity index (χ3n) is 4.19. The summed E-state index contributed by atoms with van der Waals surface area (Å²) < 4.78 is 7.84. The summed E-state index contributed by atoms with van der Waals surface area (Å²) in [4.78, 5) is 33.5. The molecule has 0 aliphatic rings. The third kappa shape index (κ3) is 1.68. The van der Waals surface area contributed by atoms with E-state index in [9.17, 15) is 19.8 Å². The molecule has 0 aliphatic carbocycles. The summed E-state index contributed by atoms with van der Waals surface area (Å²) >= 11 is 0. The van der Waals surface area contributed by atoms with Crippen molar-refractivity contribution in [3.8, 4) is 5.75 Å². The molecule has 0 aromatic heterocycles. The predicted octanol–water partition coefficient (Wildman–Crippen LogP) is 5.50. The van der Waals surface area contributed by atoms with Crippen molar-refractivity contribution in [3.05, 3.63) is 63.3 Å². The lowest BCUT2D eigenvalue weighted by molar-refractivity contribution is 0.480. The van der Waals surface area contributed by atoms with E-state index in [1.54, 1.807) is 12.1 Å². The first-order valence-electron chi connectivity index (χ1n) is 6.92. The van der Waals surface area contributed by atoms with Crippen molar-refractivity contribution in [2.75, 3.05) is 0 Å². The molecule has 0 spiro atoms. The lowest BCUT2D eigenvalue weighted by Crippen LogP contribution is -1.93. The van der Waals surface area contributed by atoms with Crippen LogP contribution in [-0.2, 0) is 0 Å². The van der Waals surface area contributed by atoms with Crippen LogP contribution in [0.2, 0.25) is 0 Å². The average Bonchev–Trinajstić information content (AvgIpc) is 2.63.